The maximum absolute atomic E-state index is 7.43. The van der Waals surface area contributed by atoms with E-state index in [0.717, 1.165) is 122 Å². The number of furan rings is 2. The molecule has 18 aromatic rings. The summed E-state index contributed by atoms with van der Waals surface area (Å²) in [5, 5.41) is 4.28. The highest BCUT2D eigenvalue weighted by atomic mass is 16.3. The van der Waals surface area contributed by atoms with Crippen LogP contribution in [0.5, 0.6) is 0 Å². The Kier molecular flexibility index (Phi) is 12.4. The van der Waals surface area contributed by atoms with Gasteiger partial charge in [0.15, 0.2) is 11.2 Å². The molecule has 0 amide bonds. The molecule has 2 aliphatic carbocycles. The van der Waals surface area contributed by atoms with Gasteiger partial charge in [0.2, 0.25) is 0 Å². The van der Waals surface area contributed by atoms with E-state index in [1.54, 1.807) is 0 Å². The van der Waals surface area contributed by atoms with Crippen molar-refractivity contribution < 1.29 is 8.83 Å². The molecule has 0 spiro atoms. The second-order valence-electron chi connectivity index (χ2n) is 28.0. The van der Waals surface area contributed by atoms with Crippen LogP contribution in [0.1, 0.15) is 44.5 Å². The van der Waals surface area contributed by atoms with Gasteiger partial charge in [0, 0.05) is 44.0 Å². The Morgan fingerprint density at radius 3 is 1.01 bits per heavy atom. The monoisotopic (exact) mass is 1310 g/mol. The minimum atomic E-state index is -0.547. The van der Waals surface area contributed by atoms with Crippen molar-refractivity contribution in [3.8, 4) is 55.6 Å². The molecule has 478 valence electrons. The van der Waals surface area contributed by atoms with Gasteiger partial charge in [0.05, 0.1) is 33.6 Å². The minimum absolute atomic E-state index is 0.289. The third kappa shape index (κ3) is 8.02. The van der Waals surface area contributed by atoms with Crippen LogP contribution >= 0.6 is 0 Å². The van der Waals surface area contributed by atoms with E-state index in [1.165, 1.54) is 72.2 Å². The van der Waals surface area contributed by atoms with Crippen molar-refractivity contribution in [2.24, 2.45) is 0 Å². The van der Waals surface area contributed by atoms with Gasteiger partial charge in [0.1, 0.15) is 11.2 Å². The van der Waals surface area contributed by atoms with E-state index >= 15 is 0 Å². The van der Waals surface area contributed by atoms with Crippen molar-refractivity contribution in [1.82, 2.24) is 0 Å². The van der Waals surface area contributed by atoms with Crippen LogP contribution < -0.4 is 26.2 Å². The van der Waals surface area contributed by atoms with Crippen LogP contribution in [0.3, 0.4) is 0 Å². The first-order valence-corrected chi connectivity index (χ1v) is 35.7. The van der Waals surface area contributed by atoms with E-state index < -0.39 is 10.8 Å². The topological polar surface area (TPSA) is 32.8 Å². The van der Waals surface area contributed by atoms with Crippen LogP contribution in [0.2, 0.25) is 0 Å². The maximum atomic E-state index is 7.43. The van der Waals surface area contributed by atoms with E-state index in [-0.39, 0.29) is 6.71 Å². The lowest BCUT2D eigenvalue weighted by molar-refractivity contribution is 0.669. The quantitative estimate of drug-likeness (QED) is 0.135. The first kappa shape index (κ1) is 57.7. The highest BCUT2D eigenvalue weighted by Gasteiger charge is 2.50. The summed E-state index contributed by atoms with van der Waals surface area (Å²) >= 11 is 0. The Balaban J connectivity index is 0.822. The van der Waals surface area contributed by atoms with Crippen LogP contribution in [0.25, 0.3) is 99.5 Å². The molecule has 4 nitrogen and oxygen atoms in total. The van der Waals surface area contributed by atoms with Crippen LogP contribution in [0, 0.1) is 0 Å². The SMILES string of the molecule is c1ccc(-c2cc3c4c(c2)N(c2ccccc2-c2ccc5c(c2)-c2ccccc2C5(c2ccccc2)c2ccccc2)c2c(ccc5c2oc2ccccc25)B4c2ccc4c(oc5ccccc54)c2N3c2ccccc2-c2ccc3c(c2)-c2ccccc2C3(c2ccccc2)c2ccccc2)cc1. The first-order valence-electron chi connectivity index (χ1n) is 35.7. The Hall–Kier alpha value is -13.2. The number of benzene rings is 16. The molecule has 22 rings (SSSR count). The largest absolute Gasteiger partial charge is 0.454 e. The summed E-state index contributed by atoms with van der Waals surface area (Å²) in [5.41, 5.74) is 33.6. The van der Waals surface area contributed by atoms with Gasteiger partial charge in [-0.1, -0.05) is 322 Å². The second kappa shape index (κ2) is 22.1. The fraction of sp³-hybridized carbons (Fsp3) is 0.0204. The summed E-state index contributed by atoms with van der Waals surface area (Å²) < 4.78 is 14.9. The van der Waals surface area contributed by atoms with Gasteiger partial charge in [0.25, 0.3) is 6.71 Å². The molecule has 2 aliphatic heterocycles. The lowest BCUT2D eigenvalue weighted by Crippen LogP contribution is -2.61. The Morgan fingerprint density at radius 1 is 0.233 bits per heavy atom. The molecule has 0 fully saturated rings. The highest BCUT2D eigenvalue weighted by molar-refractivity contribution is 7.01. The molecule has 0 N–H and O–H groups in total. The van der Waals surface area contributed by atoms with Gasteiger partial charge in [-0.25, -0.2) is 0 Å². The summed E-state index contributed by atoms with van der Waals surface area (Å²) in [6.45, 7) is -0.289. The number of fused-ring (bicyclic) bond motifs is 18. The van der Waals surface area contributed by atoms with E-state index in [2.05, 4.69) is 380 Å². The molecule has 103 heavy (non-hydrogen) atoms. The average molecular weight is 1310 g/mol. The highest BCUT2D eigenvalue weighted by Crippen LogP contribution is 2.61. The van der Waals surface area contributed by atoms with Gasteiger partial charge in [-0.15, -0.1) is 0 Å². The van der Waals surface area contributed by atoms with Gasteiger partial charge in [-0.3, -0.25) is 0 Å². The molecular weight excluding hydrogens is 1250 g/mol. The minimum Gasteiger partial charge on any atom is -0.454 e. The van der Waals surface area contributed by atoms with E-state index in [9.17, 15) is 0 Å². The molecule has 0 saturated carbocycles. The summed E-state index contributed by atoms with van der Waals surface area (Å²) in [4.78, 5) is 5.16. The number of nitrogens with zero attached hydrogens (tertiary/aromatic N) is 2. The molecule has 2 aromatic heterocycles. The third-order valence-electron chi connectivity index (χ3n) is 23.0. The van der Waals surface area contributed by atoms with Crippen LogP contribution in [0.15, 0.2) is 379 Å². The van der Waals surface area contributed by atoms with Crippen LogP contribution in [-0.2, 0) is 10.8 Å². The molecule has 0 bridgehead atoms. The predicted octanol–water partition coefficient (Wildman–Crippen LogP) is 23.3. The van der Waals surface area contributed by atoms with Crippen molar-refractivity contribution in [2.75, 3.05) is 9.80 Å². The summed E-state index contributed by atoms with van der Waals surface area (Å²) in [6.07, 6.45) is 0. The Morgan fingerprint density at radius 2 is 0.583 bits per heavy atom. The second-order valence-corrected chi connectivity index (χ2v) is 28.0. The fourth-order valence-electron chi connectivity index (χ4n) is 18.9. The maximum Gasteiger partial charge on any atom is 0.252 e. The molecule has 0 unspecified atom stereocenters. The number of hydrogen-bond acceptors (Lipinski definition) is 4. The molecule has 0 atom stereocenters. The molecule has 4 aliphatic rings. The zero-order valence-corrected chi connectivity index (χ0v) is 56.0. The Bertz CT molecular complexity index is 6070. The smallest absolute Gasteiger partial charge is 0.252 e. The number of anilines is 6. The van der Waals surface area contributed by atoms with Crippen molar-refractivity contribution in [3.63, 3.8) is 0 Å². The van der Waals surface area contributed by atoms with Crippen molar-refractivity contribution in [3.05, 3.63) is 415 Å². The third-order valence-corrected chi connectivity index (χ3v) is 23.0. The van der Waals surface area contributed by atoms with E-state index in [4.69, 9.17) is 8.83 Å². The number of para-hydroxylation sites is 4. The molecule has 4 heterocycles. The molecule has 5 heteroatoms. The van der Waals surface area contributed by atoms with Gasteiger partial charge >= 0.3 is 0 Å². The standard InChI is InChI=1S/C98H61BN2O2/c1-6-28-62(29-7-1)65-60-88-92-89(61-65)101(87-47-25-19-39-71(87)64-51-55-83-79(59-64)73-41-17-23-45-81(73)98(83,68-34-12-4-13-35-68)69-36-14-5-15-37-69)94-85(57-53-77-75-43-21-27-49-91(75)103-96(77)94)99(92)84-56-52-76-74-42-20-26-48-90(74)102-95(76)93(84)100(88)86-46-24-18-38-70(86)63-50-54-82-78(58-63)72-40-16-22-44-80(72)97(82,66-30-8-2-9-31-66)67-32-10-3-11-33-67/h1-61H. The first-order chi connectivity index (χ1) is 51.1. The lowest BCUT2D eigenvalue weighted by Gasteiger charge is -2.45. The number of hydrogen-bond donors (Lipinski definition) is 0. The normalized spacial score (nSPS) is 13.9. The molecular formula is C98H61BN2O2. The van der Waals surface area contributed by atoms with Gasteiger partial charge in [-0.2, -0.15) is 0 Å². The summed E-state index contributed by atoms with van der Waals surface area (Å²) in [5.74, 6) is 0. The summed E-state index contributed by atoms with van der Waals surface area (Å²) in [6, 6.07) is 138. The van der Waals surface area contributed by atoms with Crippen molar-refractivity contribution in [1.29, 1.82) is 0 Å². The van der Waals surface area contributed by atoms with Crippen molar-refractivity contribution in [2.45, 2.75) is 10.8 Å². The predicted molar refractivity (Wildman–Crippen MR) is 426 cm³/mol. The average Bonchev–Trinajstić information content (AvgIpc) is 1.66. The molecule has 0 saturated heterocycles. The zero-order chi connectivity index (χ0) is 67.5. The Labute approximate surface area is 597 Å². The van der Waals surface area contributed by atoms with Crippen LogP contribution in [0.4, 0.5) is 34.1 Å². The fourth-order valence-corrected chi connectivity index (χ4v) is 18.9. The van der Waals surface area contributed by atoms with Crippen molar-refractivity contribution >= 4 is 101 Å². The van der Waals surface area contributed by atoms with Gasteiger partial charge < -0.3 is 18.6 Å². The van der Waals surface area contributed by atoms with Crippen LogP contribution in [-0.4, -0.2) is 6.71 Å². The molecule has 0 radical (unpaired) electrons. The van der Waals surface area contributed by atoms with E-state index in [1.807, 2.05) is 0 Å². The van der Waals surface area contributed by atoms with E-state index in [0.29, 0.717) is 0 Å². The van der Waals surface area contributed by atoms with Gasteiger partial charge in [-0.05, 0) is 154 Å². The number of rotatable bonds is 9. The zero-order valence-electron chi connectivity index (χ0n) is 56.0. The molecule has 16 aromatic carbocycles. The lowest BCUT2D eigenvalue weighted by atomic mass is 9.33. The summed E-state index contributed by atoms with van der Waals surface area (Å²) in [7, 11) is 0.